The normalized spacial score (nSPS) is 12.4. The van der Waals surface area contributed by atoms with Gasteiger partial charge in [0.05, 0.1) is 12.0 Å². The van der Waals surface area contributed by atoms with Gasteiger partial charge in [0.1, 0.15) is 35.6 Å². The van der Waals surface area contributed by atoms with Gasteiger partial charge in [-0.1, -0.05) is 30.3 Å². The van der Waals surface area contributed by atoms with E-state index in [1.165, 1.54) is 7.11 Å². The number of carboxylic acid groups (broad SMARTS) is 1. The molecule has 2 aromatic rings. The number of sulfonamides is 1. The molecule has 0 aliphatic rings. The molecule has 0 aromatic heterocycles. The lowest BCUT2D eigenvalue weighted by atomic mass is 10.1. The maximum Gasteiger partial charge on any atom is 0.335 e. The van der Waals surface area contributed by atoms with Crippen molar-refractivity contribution in [2.24, 2.45) is 0 Å². The minimum atomic E-state index is -4.47. The van der Waals surface area contributed by atoms with Crippen molar-refractivity contribution < 1.29 is 42.1 Å². The van der Waals surface area contributed by atoms with Crippen molar-refractivity contribution in [2.45, 2.75) is 50.3 Å². The number of methoxy groups -OCH3 is 1. The number of amides is 1. The Bertz CT molecular complexity index is 1180. The van der Waals surface area contributed by atoms with E-state index in [-0.39, 0.29) is 24.7 Å². The molecule has 2 rings (SSSR count). The fraction of sp³-hybridized carbons (Fsp3) is 0.375. The Balaban J connectivity index is 2.38. The molecule has 0 radical (unpaired) electrons. The first-order chi connectivity index (χ1) is 16.8. The highest BCUT2D eigenvalue weighted by Crippen LogP contribution is 2.27. The van der Waals surface area contributed by atoms with E-state index in [0.29, 0.717) is 0 Å². The lowest BCUT2D eigenvalue weighted by Gasteiger charge is -2.23. The van der Waals surface area contributed by atoms with E-state index in [4.69, 9.17) is 14.2 Å². The summed E-state index contributed by atoms with van der Waals surface area (Å²) in [5.41, 5.74) is -0.328. The highest BCUT2D eigenvalue weighted by Gasteiger charge is 2.32. The second kappa shape index (κ2) is 12.5. The zero-order chi connectivity index (χ0) is 26.9. The molecular weight excluding hydrogens is 492 g/mol. The predicted molar refractivity (Wildman–Crippen MR) is 129 cm³/mol. The van der Waals surface area contributed by atoms with Crippen LogP contribution in [0, 0.1) is 0 Å². The SMILES string of the molecule is COCNC(=O)[C@H](CC(=O)OC(C)(C)C)NS(=O)(=O)c1ccc(C(=O)O)cc1OCc1ccccc1. The summed E-state index contributed by atoms with van der Waals surface area (Å²) in [6, 6.07) is 10.5. The Hall–Kier alpha value is -3.48. The monoisotopic (exact) mass is 522 g/mol. The number of hydrogen-bond acceptors (Lipinski definition) is 8. The number of hydrogen-bond donors (Lipinski definition) is 3. The van der Waals surface area contributed by atoms with Crippen LogP contribution in [0.25, 0.3) is 0 Å². The van der Waals surface area contributed by atoms with Crippen molar-refractivity contribution >= 4 is 27.9 Å². The van der Waals surface area contributed by atoms with Gasteiger partial charge in [-0.05, 0) is 44.5 Å². The molecule has 2 aromatic carbocycles. The third kappa shape index (κ3) is 8.95. The van der Waals surface area contributed by atoms with E-state index in [1.807, 2.05) is 0 Å². The van der Waals surface area contributed by atoms with Crippen LogP contribution in [-0.4, -0.2) is 56.9 Å². The largest absolute Gasteiger partial charge is 0.487 e. The average Bonchev–Trinajstić information content (AvgIpc) is 2.79. The summed E-state index contributed by atoms with van der Waals surface area (Å²) < 4.78 is 44.5. The third-order valence-electron chi connectivity index (χ3n) is 4.51. The first-order valence-electron chi connectivity index (χ1n) is 10.9. The van der Waals surface area contributed by atoms with Crippen LogP contribution in [0.5, 0.6) is 5.75 Å². The summed E-state index contributed by atoms with van der Waals surface area (Å²) >= 11 is 0. The van der Waals surface area contributed by atoms with Crippen LogP contribution >= 0.6 is 0 Å². The Morgan fingerprint density at radius 3 is 2.31 bits per heavy atom. The van der Waals surface area contributed by atoms with Gasteiger partial charge in [-0.15, -0.1) is 0 Å². The van der Waals surface area contributed by atoms with Gasteiger partial charge in [0.2, 0.25) is 15.9 Å². The lowest BCUT2D eigenvalue weighted by molar-refractivity contribution is -0.156. The van der Waals surface area contributed by atoms with Gasteiger partial charge < -0.3 is 24.6 Å². The Kier molecular flexibility index (Phi) is 9.96. The van der Waals surface area contributed by atoms with Crippen LogP contribution in [0.4, 0.5) is 0 Å². The standard InChI is InChI=1S/C24H30N2O9S/c1-24(2,3)35-21(27)13-18(22(28)25-15-33-4)26-36(31,32)20-11-10-17(23(29)30)12-19(20)34-14-16-8-6-5-7-9-16/h5-12,18,26H,13-15H2,1-4H3,(H,25,28)(H,29,30)/t18-/m0/s1. The molecule has 3 N–H and O–H groups in total. The van der Waals surface area contributed by atoms with Crippen molar-refractivity contribution in [3.05, 3.63) is 59.7 Å². The quantitative estimate of drug-likeness (QED) is 0.280. The van der Waals surface area contributed by atoms with E-state index >= 15 is 0 Å². The van der Waals surface area contributed by atoms with Crippen molar-refractivity contribution in [3.8, 4) is 5.75 Å². The van der Waals surface area contributed by atoms with Crippen molar-refractivity contribution in [3.63, 3.8) is 0 Å². The zero-order valence-corrected chi connectivity index (χ0v) is 21.3. The summed E-state index contributed by atoms with van der Waals surface area (Å²) in [4.78, 5) is 36.0. The molecule has 0 unspecified atom stereocenters. The number of ether oxygens (including phenoxy) is 3. The van der Waals surface area contributed by atoms with Crippen LogP contribution in [0.15, 0.2) is 53.4 Å². The maximum absolute atomic E-state index is 13.3. The molecule has 0 saturated carbocycles. The first kappa shape index (κ1) is 28.8. The molecule has 11 nitrogen and oxygen atoms in total. The Morgan fingerprint density at radius 2 is 1.72 bits per heavy atom. The van der Waals surface area contributed by atoms with Gasteiger partial charge >= 0.3 is 11.9 Å². The smallest absolute Gasteiger partial charge is 0.335 e. The predicted octanol–water partition coefficient (Wildman–Crippen LogP) is 2.06. The topological polar surface area (TPSA) is 157 Å². The number of rotatable bonds is 12. The Labute approximate surface area is 209 Å². The van der Waals surface area contributed by atoms with Gasteiger partial charge in [0, 0.05) is 7.11 Å². The number of benzene rings is 2. The Morgan fingerprint density at radius 1 is 1.06 bits per heavy atom. The van der Waals surface area contributed by atoms with Crippen LogP contribution in [0.3, 0.4) is 0 Å². The number of carbonyl (C=O) groups is 3. The highest BCUT2D eigenvalue weighted by atomic mass is 32.2. The fourth-order valence-electron chi connectivity index (χ4n) is 2.97. The zero-order valence-electron chi connectivity index (χ0n) is 20.4. The minimum absolute atomic E-state index is 0.0396. The summed E-state index contributed by atoms with van der Waals surface area (Å²) in [7, 11) is -3.15. The molecule has 0 saturated heterocycles. The lowest BCUT2D eigenvalue weighted by Crippen LogP contribution is -2.48. The van der Waals surface area contributed by atoms with Gasteiger partial charge in [-0.2, -0.15) is 4.72 Å². The van der Waals surface area contributed by atoms with Crippen molar-refractivity contribution in [2.75, 3.05) is 13.8 Å². The van der Waals surface area contributed by atoms with E-state index in [0.717, 1.165) is 23.8 Å². The van der Waals surface area contributed by atoms with Gasteiger partial charge in [0.25, 0.3) is 0 Å². The van der Waals surface area contributed by atoms with Crippen LogP contribution in [0.1, 0.15) is 43.1 Å². The van der Waals surface area contributed by atoms with Crippen molar-refractivity contribution in [1.82, 2.24) is 10.0 Å². The van der Waals surface area contributed by atoms with Gasteiger partial charge in [-0.25, -0.2) is 13.2 Å². The molecule has 0 bridgehead atoms. The summed E-state index contributed by atoms with van der Waals surface area (Å²) in [5, 5.41) is 11.7. The van der Waals surface area contributed by atoms with Gasteiger partial charge in [-0.3, -0.25) is 9.59 Å². The molecule has 1 amide bonds. The molecule has 0 heterocycles. The molecule has 36 heavy (non-hydrogen) atoms. The molecule has 0 aliphatic carbocycles. The summed E-state index contributed by atoms with van der Waals surface area (Å²) in [6.07, 6.45) is -0.598. The summed E-state index contributed by atoms with van der Waals surface area (Å²) in [6.45, 7) is 4.65. The molecule has 12 heteroatoms. The number of nitrogens with one attached hydrogen (secondary N) is 2. The average molecular weight is 523 g/mol. The first-order valence-corrected chi connectivity index (χ1v) is 12.4. The molecule has 0 aliphatic heterocycles. The second-order valence-corrected chi connectivity index (χ2v) is 10.4. The fourth-order valence-corrected chi connectivity index (χ4v) is 4.29. The van der Waals surface area contributed by atoms with E-state index < -0.39 is 50.8 Å². The molecular formula is C24H30N2O9S. The molecule has 0 fully saturated rings. The molecule has 1 atom stereocenters. The van der Waals surface area contributed by atoms with Crippen LogP contribution in [-0.2, 0) is 35.7 Å². The van der Waals surface area contributed by atoms with E-state index in [9.17, 15) is 27.9 Å². The number of esters is 1. The van der Waals surface area contributed by atoms with Crippen molar-refractivity contribution in [1.29, 1.82) is 0 Å². The highest BCUT2D eigenvalue weighted by molar-refractivity contribution is 7.89. The van der Waals surface area contributed by atoms with Crippen LogP contribution < -0.4 is 14.8 Å². The number of carboxylic acids is 1. The third-order valence-corrected chi connectivity index (χ3v) is 6.02. The number of carbonyl (C=O) groups excluding carboxylic acids is 2. The molecule has 196 valence electrons. The molecule has 0 spiro atoms. The second-order valence-electron chi connectivity index (χ2n) is 8.68. The van der Waals surface area contributed by atoms with Crippen LogP contribution in [0.2, 0.25) is 0 Å². The van der Waals surface area contributed by atoms with Gasteiger partial charge in [0.15, 0.2) is 0 Å². The van der Waals surface area contributed by atoms with E-state index in [2.05, 4.69) is 10.0 Å². The summed E-state index contributed by atoms with van der Waals surface area (Å²) in [5.74, 6) is -3.14. The minimum Gasteiger partial charge on any atom is -0.487 e. The number of aromatic carboxylic acids is 1. The maximum atomic E-state index is 13.3. The van der Waals surface area contributed by atoms with E-state index in [1.54, 1.807) is 51.1 Å².